The Balaban J connectivity index is 1.23. The molecule has 0 bridgehead atoms. The molecule has 5 amide bonds. The van der Waals surface area contributed by atoms with Gasteiger partial charge in [0.2, 0.25) is 17.7 Å². The molecule has 15 heteroatoms. The van der Waals surface area contributed by atoms with Crippen molar-refractivity contribution in [2.24, 2.45) is 0 Å². The number of urea groups is 1. The third-order valence-corrected chi connectivity index (χ3v) is 9.66. The summed E-state index contributed by atoms with van der Waals surface area (Å²) in [4.78, 5) is 60.8. The van der Waals surface area contributed by atoms with Gasteiger partial charge in [-0.3, -0.25) is 14.4 Å². The average Bonchev–Trinajstić information content (AvgIpc) is 3.57. The van der Waals surface area contributed by atoms with Crippen molar-refractivity contribution < 1.29 is 29.0 Å². The number of carbonyl (C=O) groups excluding carboxylic acids is 4. The maximum Gasteiger partial charge on any atom is 0.334 e. The highest BCUT2D eigenvalue weighted by molar-refractivity contribution is 5.92. The van der Waals surface area contributed by atoms with Crippen LogP contribution in [0.1, 0.15) is 16.7 Å². The Hall–Kier alpha value is -5.80. The van der Waals surface area contributed by atoms with Crippen LogP contribution < -0.4 is 5.32 Å². The number of piperazine rings is 1. The van der Waals surface area contributed by atoms with Gasteiger partial charge < -0.3 is 29.9 Å². The lowest BCUT2D eigenvalue weighted by Gasteiger charge is -2.55. The van der Waals surface area contributed by atoms with Crippen molar-refractivity contribution in [1.29, 1.82) is 0 Å². The van der Waals surface area contributed by atoms with Gasteiger partial charge in [-0.05, 0) is 34.9 Å². The summed E-state index contributed by atoms with van der Waals surface area (Å²) in [5, 5.41) is 24.7. The second-order valence-corrected chi connectivity index (χ2v) is 13.0. The lowest BCUT2D eigenvalue weighted by atomic mass is 9.98. The van der Waals surface area contributed by atoms with E-state index in [4.69, 9.17) is 4.74 Å². The normalized spacial score (nSPS) is 19.5. The standard InChI is InChI=1S/C37H41N9O6/c1-2-15-43-24-34(49)45-31(20-26-11-13-29(47)14-12-26)36(50)42(23-32(45)46(43)37(51)38-21-27-7-4-3-5-8-27)22-28-9-6-10-30-35(28)44(40-39-30)25-33(48)41-16-18-52-19-17-41/h2-14,31-32,47H,1,15-25H2,(H,38,51)/t31-,32-/m0/s1. The summed E-state index contributed by atoms with van der Waals surface area (Å²) in [6.07, 6.45) is 0.950. The van der Waals surface area contributed by atoms with Gasteiger partial charge >= 0.3 is 6.03 Å². The molecule has 15 nitrogen and oxygen atoms in total. The van der Waals surface area contributed by atoms with Crippen LogP contribution in [0, 0.1) is 0 Å². The van der Waals surface area contributed by atoms with Crippen molar-refractivity contribution in [2.45, 2.75) is 38.3 Å². The molecule has 0 saturated carbocycles. The van der Waals surface area contributed by atoms with E-state index < -0.39 is 18.2 Å². The maximum absolute atomic E-state index is 14.6. The van der Waals surface area contributed by atoms with Crippen LogP contribution in [0.15, 0.2) is 85.5 Å². The van der Waals surface area contributed by atoms with E-state index in [-0.39, 0.29) is 69.2 Å². The molecule has 0 spiro atoms. The van der Waals surface area contributed by atoms with Crippen molar-refractivity contribution in [1.82, 2.24) is 45.0 Å². The lowest BCUT2D eigenvalue weighted by molar-refractivity contribution is -0.189. The molecule has 3 aliphatic rings. The number of hydrazine groups is 1. The fraction of sp³-hybridized carbons (Fsp3) is 0.351. The summed E-state index contributed by atoms with van der Waals surface area (Å²) in [5.74, 6) is -0.607. The molecule has 0 aliphatic carbocycles. The van der Waals surface area contributed by atoms with Crippen LogP contribution in [0.25, 0.3) is 11.0 Å². The third-order valence-electron chi connectivity index (χ3n) is 9.66. The Morgan fingerprint density at radius 2 is 1.75 bits per heavy atom. The summed E-state index contributed by atoms with van der Waals surface area (Å²) in [6, 6.07) is 20.2. The molecule has 7 rings (SSSR count). The molecular weight excluding hydrogens is 666 g/mol. The summed E-state index contributed by atoms with van der Waals surface area (Å²) >= 11 is 0. The zero-order chi connectivity index (χ0) is 36.2. The maximum atomic E-state index is 14.6. The van der Waals surface area contributed by atoms with E-state index in [9.17, 15) is 24.3 Å². The van der Waals surface area contributed by atoms with Gasteiger partial charge in [-0.15, -0.1) is 11.7 Å². The Labute approximate surface area is 300 Å². The molecule has 2 atom stereocenters. The molecule has 1 aromatic heterocycles. The number of hydrogen-bond donors (Lipinski definition) is 2. The smallest absolute Gasteiger partial charge is 0.334 e. The highest BCUT2D eigenvalue weighted by Crippen LogP contribution is 2.30. The number of nitrogens with one attached hydrogen (secondary N) is 1. The number of aromatic hydroxyl groups is 1. The number of amides is 5. The van der Waals surface area contributed by atoms with Crippen molar-refractivity contribution in [3.63, 3.8) is 0 Å². The van der Waals surface area contributed by atoms with Gasteiger partial charge in [0.05, 0.1) is 31.8 Å². The number of ether oxygens (including phenoxy) is 1. The summed E-state index contributed by atoms with van der Waals surface area (Å²) in [6.45, 7) is 6.28. The van der Waals surface area contributed by atoms with Gasteiger partial charge in [-0.2, -0.15) is 0 Å². The Morgan fingerprint density at radius 1 is 0.981 bits per heavy atom. The second-order valence-electron chi connectivity index (χ2n) is 13.0. The highest BCUT2D eigenvalue weighted by Gasteiger charge is 2.51. The minimum Gasteiger partial charge on any atom is -0.508 e. The van der Waals surface area contributed by atoms with Crippen LogP contribution in [-0.2, 0) is 45.2 Å². The van der Waals surface area contributed by atoms with E-state index in [1.165, 1.54) is 22.0 Å². The van der Waals surface area contributed by atoms with Crippen LogP contribution in [0.4, 0.5) is 4.79 Å². The van der Waals surface area contributed by atoms with E-state index >= 15 is 0 Å². The van der Waals surface area contributed by atoms with Crippen LogP contribution in [0.3, 0.4) is 0 Å². The van der Waals surface area contributed by atoms with Gasteiger partial charge in [-0.25, -0.2) is 19.5 Å². The van der Waals surface area contributed by atoms with E-state index in [2.05, 4.69) is 22.2 Å². The van der Waals surface area contributed by atoms with E-state index in [1.807, 2.05) is 42.5 Å². The molecular formula is C37H41N9O6. The monoisotopic (exact) mass is 707 g/mol. The van der Waals surface area contributed by atoms with Crippen LogP contribution in [0.2, 0.25) is 0 Å². The van der Waals surface area contributed by atoms with Gasteiger partial charge in [-0.1, -0.05) is 65.9 Å². The van der Waals surface area contributed by atoms with Crippen LogP contribution in [0.5, 0.6) is 5.75 Å². The van der Waals surface area contributed by atoms with Gasteiger partial charge in [0.25, 0.3) is 0 Å². The number of morpholine rings is 1. The highest BCUT2D eigenvalue weighted by atomic mass is 16.5. The first-order valence-corrected chi connectivity index (χ1v) is 17.3. The lowest BCUT2D eigenvalue weighted by Crippen LogP contribution is -2.76. The van der Waals surface area contributed by atoms with Gasteiger partial charge in [0.15, 0.2) is 0 Å². The summed E-state index contributed by atoms with van der Waals surface area (Å²) in [5.41, 5.74) is 3.56. The van der Waals surface area contributed by atoms with E-state index in [0.717, 1.165) is 11.1 Å². The van der Waals surface area contributed by atoms with Crippen LogP contribution in [-0.4, -0.2) is 127 Å². The molecule has 3 fully saturated rings. The molecule has 4 aromatic rings. The first kappa shape index (κ1) is 34.6. The van der Waals surface area contributed by atoms with E-state index in [1.54, 1.807) is 43.8 Å². The predicted octanol–water partition coefficient (Wildman–Crippen LogP) is 1.73. The van der Waals surface area contributed by atoms with Crippen molar-refractivity contribution >= 4 is 34.8 Å². The molecule has 270 valence electrons. The topological polar surface area (TPSA) is 157 Å². The molecule has 4 heterocycles. The van der Waals surface area contributed by atoms with Crippen molar-refractivity contribution in [3.8, 4) is 5.75 Å². The summed E-state index contributed by atoms with van der Waals surface area (Å²) in [7, 11) is 0. The molecule has 52 heavy (non-hydrogen) atoms. The van der Waals surface area contributed by atoms with Crippen LogP contribution >= 0.6 is 0 Å². The number of benzene rings is 3. The number of rotatable bonds is 10. The first-order chi connectivity index (χ1) is 25.3. The zero-order valence-corrected chi connectivity index (χ0v) is 28.7. The largest absolute Gasteiger partial charge is 0.508 e. The fourth-order valence-corrected chi connectivity index (χ4v) is 7.14. The number of phenolic OH excluding ortho intramolecular Hbond substituents is 1. The predicted molar refractivity (Wildman–Crippen MR) is 189 cm³/mol. The first-order valence-electron chi connectivity index (χ1n) is 17.3. The molecule has 3 aliphatic heterocycles. The minimum absolute atomic E-state index is 0.0215. The average molecular weight is 708 g/mol. The Bertz CT molecular complexity index is 1950. The second kappa shape index (κ2) is 15.2. The third kappa shape index (κ3) is 7.18. The Kier molecular flexibility index (Phi) is 10.1. The molecule has 2 N–H and O–H groups in total. The van der Waals surface area contributed by atoms with Gasteiger partial charge in [0.1, 0.15) is 30.0 Å². The van der Waals surface area contributed by atoms with Crippen molar-refractivity contribution in [3.05, 3.63) is 102 Å². The summed E-state index contributed by atoms with van der Waals surface area (Å²) < 4.78 is 6.97. The van der Waals surface area contributed by atoms with E-state index in [0.29, 0.717) is 42.9 Å². The zero-order valence-electron chi connectivity index (χ0n) is 28.7. The van der Waals surface area contributed by atoms with Crippen molar-refractivity contribution in [2.75, 3.05) is 45.9 Å². The molecule has 3 saturated heterocycles. The quantitative estimate of drug-likeness (QED) is 0.235. The molecule has 3 aromatic carbocycles. The number of aromatic nitrogens is 3. The number of hydrogen-bond acceptors (Lipinski definition) is 9. The Morgan fingerprint density at radius 3 is 2.50 bits per heavy atom. The number of carbonyl (C=O) groups is 4. The minimum atomic E-state index is -0.948. The molecule has 0 unspecified atom stereocenters. The fourth-order valence-electron chi connectivity index (χ4n) is 7.14. The number of nitrogens with zero attached hydrogens (tertiary/aromatic N) is 8. The number of para-hydroxylation sites is 1. The molecule has 0 radical (unpaired) electrons. The number of fused-ring (bicyclic) bond motifs is 2. The van der Waals surface area contributed by atoms with Gasteiger partial charge in [0, 0.05) is 39.1 Å². The number of phenols is 1. The SMILES string of the molecule is C=CCN1CC(=O)N2[C@@H](Cc3ccc(O)cc3)C(=O)N(Cc3cccc4nnn(CC(=O)N5CCOCC5)c34)C[C@@H]2N1C(=O)NCc1ccccc1.